The summed E-state index contributed by atoms with van der Waals surface area (Å²) in [5.74, 6) is 0. The van der Waals surface area contributed by atoms with Gasteiger partial charge in [-0.3, -0.25) is 19.7 Å². The molecule has 2 aliphatic heterocycles. The van der Waals surface area contributed by atoms with E-state index in [2.05, 4.69) is 53.2 Å². The number of benzene rings is 1. The molecular weight excluding hydrogens is 464 g/mol. The fourth-order valence-electron chi connectivity index (χ4n) is 5.27. The molecule has 1 aromatic carbocycles. The molecule has 37 heavy (non-hydrogen) atoms. The average Bonchev–Trinajstić information content (AvgIpc) is 3.26. The highest BCUT2D eigenvalue weighted by molar-refractivity contribution is 6.02. The third-order valence-corrected chi connectivity index (χ3v) is 6.85. The maximum absolute atomic E-state index is 13.3. The lowest BCUT2D eigenvalue weighted by Crippen LogP contribution is -2.39. The SMILES string of the molecule is CN1Cc2cccc(n2)C2N(CCN2C(=O)OC(C)(C)C)Cc2ccc3ccc4ccc(nc4c3n2)C1. The van der Waals surface area contributed by atoms with E-state index in [1.165, 1.54) is 0 Å². The molecule has 0 saturated carbocycles. The van der Waals surface area contributed by atoms with Gasteiger partial charge in [-0.1, -0.05) is 30.3 Å². The Morgan fingerprint density at radius 2 is 1.41 bits per heavy atom. The molecule has 3 aromatic heterocycles. The molecule has 4 aromatic rings. The van der Waals surface area contributed by atoms with Gasteiger partial charge < -0.3 is 4.74 Å². The first-order chi connectivity index (χ1) is 17.7. The molecule has 1 saturated heterocycles. The molecule has 2 aliphatic rings. The van der Waals surface area contributed by atoms with Crippen LogP contribution in [0.25, 0.3) is 21.8 Å². The van der Waals surface area contributed by atoms with E-state index in [-0.39, 0.29) is 12.3 Å². The van der Waals surface area contributed by atoms with Gasteiger partial charge in [0, 0.05) is 43.5 Å². The van der Waals surface area contributed by atoms with Gasteiger partial charge in [0.15, 0.2) is 0 Å². The average molecular weight is 497 g/mol. The van der Waals surface area contributed by atoms with E-state index in [4.69, 9.17) is 19.7 Å². The van der Waals surface area contributed by atoms with Gasteiger partial charge in [0.1, 0.15) is 11.8 Å². The summed E-state index contributed by atoms with van der Waals surface area (Å²) in [4.78, 5) is 34.7. The molecule has 5 heterocycles. The highest BCUT2D eigenvalue weighted by Crippen LogP contribution is 2.33. The number of rotatable bonds is 0. The first-order valence-corrected chi connectivity index (χ1v) is 12.8. The van der Waals surface area contributed by atoms with E-state index in [0.29, 0.717) is 32.7 Å². The predicted molar refractivity (Wildman–Crippen MR) is 143 cm³/mol. The molecule has 1 amide bonds. The quantitative estimate of drug-likeness (QED) is 0.321. The Hall–Kier alpha value is -3.62. The van der Waals surface area contributed by atoms with Gasteiger partial charge in [-0.25, -0.2) is 14.8 Å². The summed E-state index contributed by atoms with van der Waals surface area (Å²) in [6, 6.07) is 18.7. The Morgan fingerprint density at radius 1 is 0.811 bits per heavy atom. The van der Waals surface area contributed by atoms with Crippen LogP contribution >= 0.6 is 0 Å². The van der Waals surface area contributed by atoms with Crippen molar-refractivity contribution < 1.29 is 9.53 Å². The van der Waals surface area contributed by atoms with Gasteiger partial charge in [-0.15, -0.1) is 0 Å². The van der Waals surface area contributed by atoms with Crippen molar-refractivity contribution in [2.75, 3.05) is 20.1 Å². The van der Waals surface area contributed by atoms with Crippen LogP contribution in [0.4, 0.5) is 4.79 Å². The third-order valence-electron chi connectivity index (χ3n) is 6.85. The molecular formula is C29H32N6O2. The molecule has 6 rings (SSSR count). The lowest BCUT2D eigenvalue weighted by molar-refractivity contribution is 0.0116. The molecule has 0 aliphatic carbocycles. The van der Waals surface area contributed by atoms with Crippen LogP contribution in [0.15, 0.2) is 54.6 Å². The number of hydrogen-bond donors (Lipinski definition) is 0. The number of carbonyl (C=O) groups is 1. The monoisotopic (exact) mass is 496 g/mol. The number of aromatic nitrogens is 3. The van der Waals surface area contributed by atoms with Gasteiger partial charge in [-0.2, -0.15) is 0 Å². The molecule has 1 atom stereocenters. The van der Waals surface area contributed by atoms with Crippen LogP contribution in [0, 0.1) is 0 Å². The number of amides is 1. The minimum absolute atomic E-state index is 0.323. The Bertz CT molecular complexity index is 1500. The summed E-state index contributed by atoms with van der Waals surface area (Å²) in [6.45, 7) is 8.90. The Morgan fingerprint density at radius 3 is 2.05 bits per heavy atom. The second kappa shape index (κ2) is 9.04. The minimum Gasteiger partial charge on any atom is -0.444 e. The van der Waals surface area contributed by atoms with Crippen LogP contribution in [-0.4, -0.2) is 61.5 Å². The zero-order valence-corrected chi connectivity index (χ0v) is 21.8. The van der Waals surface area contributed by atoms with Crippen LogP contribution < -0.4 is 0 Å². The zero-order valence-electron chi connectivity index (χ0n) is 21.8. The van der Waals surface area contributed by atoms with Crippen LogP contribution in [0.3, 0.4) is 0 Å². The summed E-state index contributed by atoms with van der Waals surface area (Å²) in [5.41, 5.74) is 4.98. The fourth-order valence-corrected chi connectivity index (χ4v) is 5.27. The van der Waals surface area contributed by atoms with Crippen molar-refractivity contribution in [3.63, 3.8) is 0 Å². The van der Waals surface area contributed by atoms with Gasteiger partial charge in [0.05, 0.1) is 33.8 Å². The van der Waals surface area contributed by atoms with Crippen molar-refractivity contribution in [3.05, 3.63) is 77.4 Å². The van der Waals surface area contributed by atoms with Gasteiger partial charge in [0.2, 0.25) is 0 Å². The van der Waals surface area contributed by atoms with Crippen molar-refractivity contribution in [1.82, 2.24) is 29.7 Å². The largest absolute Gasteiger partial charge is 0.444 e. The minimum atomic E-state index is -0.575. The molecule has 8 nitrogen and oxygen atoms in total. The van der Waals surface area contributed by atoms with Crippen LogP contribution in [0.1, 0.15) is 49.7 Å². The molecule has 190 valence electrons. The standard InChI is InChI=1S/C29H32N6O2/c1-29(2,3)37-28(36)35-15-14-34-18-23-13-11-20-9-8-19-10-12-22(31-25(19)26(20)32-23)17-33(4)16-21-6-5-7-24(30-21)27(34)35/h5-13,27H,14-18H2,1-4H3. The summed E-state index contributed by atoms with van der Waals surface area (Å²) in [6.07, 6.45) is -0.659. The molecule has 1 unspecified atom stereocenters. The van der Waals surface area contributed by atoms with Crippen molar-refractivity contribution in [1.29, 1.82) is 0 Å². The van der Waals surface area contributed by atoms with Crippen LogP contribution in [-0.2, 0) is 24.4 Å². The zero-order chi connectivity index (χ0) is 25.7. The number of ether oxygens (including phenoxy) is 1. The highest BCUT2D eigenvalue weighted by Gasteiger charge is 2.39. The topological polar surface area (TPSA) is 74.7 Å². The molecule has 0 spiro atoms. The number of fused-ring (bicyclic) bond motifs is 6. The second-order valence-electron chi connectivity index (χ2n) is 11.1. The third kappa shape index (κ3) is 4.74. The van der Waals surface area contributed by atoms with E-state index in [0.717, 1.165) is 44.6 Å². The molecule has 8 heteroatoms. The summed E-state index contributed by atoms with van der Waals surface area (Å²) in [7, 11) is 2.08. The number of hydrogen-bond acceptors (Lipinski definition) is 7. The maximum Gasteiger partial charge on any atom is 0.411 e. The Labute approximate surface area is 216 Å². The normalized spacial score (nSPS) is 18.9. The predicted octanol–water partition coefficient (Wildman–Crippen LogP) is 4.87. The van der Waals surface area contributed by atoms with Crippen molar-refractivity contribution in [2.45, 2.75) is 52.2 Å². The number of nitrogens with zero attached hydrogens (tertiary/aromatic N) is 6. The fraction of sp³-hybridized carbons (Fsp3) is 0.379. The molecule has 1 fully saturated rings. The Kier molecular flexibility index (Phi) is 5.81. The second-order valence-corrected chi connectivity index (χ2v) is 11.1. The van der Waals surface area contributed by atoms with Crippen molar-refractivity contribution >= 4 is 27.9 Å². The van der Waals surface area contributed by atoms with E-state index >= 15 is 0 Å². The molecule has 6 bridgehead atoms. The van der Waals surface area contributed by atoms with E-state index in [1.807, 2.05) is 39.0 Å². The van der Waals surface area contributed by atoms with Gasteiger partial charge >= 0.3 is 6.09 Å². The van der Waals surface area contributed by atoms with Gasteiger partial charge in [-0.05, 0) is 52.1 Å². The maximum atomic E-state index is 13.3. The van der Waals surface area contributed by atoms with Crippen molar-refractivity contribution in [3.8, 4) is 0 Å². The smallest absolute Gasteiger partial charge is 0.411 e. The highest BCUT2D eigenvalue weighted by atomic mass is 16.6. The van der Waals surface area contributed by atoms with E-state index in [9.17, 15) is 4.79 Å². The summed E-state index contributed by atoms with van der Waals surface area (Å²) < 4.78 is 5.78. The molecule has 0 radical (unpaired) electrons. The van der Waals surface area contributed by atoms with E-state index < -0.39 is 5.60 Å². The first-order valence-electron chi connectivity index (χ1n) is 12.8. The van der Waals surface area contributed by atoms with Crippen LogP contribution in [0.2, 0.25) is 0 Å². The summed E-state index contributed by atoms with van der Waals surface area (Å²) in [5, 5.41) is 2.15. The number of pyridine rings is 3. The van der Waals surface area contributed by atoms with Gasteiger partial charge in [0.25, 0.3) is 0 Å². The van der Waals surface area contributed by atoms with Crippen LogP contribution in [0.5, 0.6) is 0 Å². The lowest BCUT2D eigenvalue weighted by Gasteiger charge is -2.31. The molecule has 0 N–H and O–H groups in total. The number of carbonyl (C=O) groups excluding carboxylic acids is 1. The Balaban J connectivity index is 1.48. The first kappa shape index (κ1) is 23.8. The summed E-state index contributed by atoms with van der Waals surface area (Å²) >= 11 is 0. The lowest BCUT2D eigenvalue weighted by atomic mass is 10.1. The van der Waals surface area contributed by atoms with E-state index in [1.54, 1.807) is 4.90 Å². The van der Waals surface area contributed by atoms with Crippen molar-refractivity contribution in [2.24, 2.45) is 0 Å².